The molecule has 2 fully saturated rings. The molecule has 0 unspecified atom stereocenters. The number of aromatic amines is 1. The highest BCUT2D eigenvalue weighted by Crippen LogP contribution is 2.41. The highest BCUT2D eigenvalue weighted by atomic mass is 35.5. The van der Waals surface area contributed by atoms with Gasteiger partial charge >= 0.3 is 0 Å². The molecular weight excluding hydrogens is 538 g/mol. The zero-order chi connectivity index (χ0) is 28.0. The molecular formula is C29H32ClN11. The maximum absolute atomic E-state index is 6.85. The standard InChI is InChI=1S/C29H32ClN11/c30-21-12-22(20-8-4-7-19(11-20)18-5-2-1-3-6-18)23(14-41-17-35-25-26(31)33-16-34-27(25)41)24(13-21)40-10-9-29(32,15-40)28-36-38-39-37-28/h4,7-8,11-13,16-18H,1-3,5-6,9-10,14-15,32H2,(H2,31,33,34)(H,36,37,38,39)/t29-/m1/s1. The molecule has 1 saturated carbocycles. The number of rotatable bonds is 6. The van der Waals surface area contributed by atoms with Gasteiger partial charge in [-0.2, -0.15) is 5.21 Å². The summed E-state index contributed by atoms with van der Waals surface area (Å²) in [7, 11) is 0. The topological polar surface area (TPSA) is 153 Å². The lowest BCUT2D eigenvalue weighted by Crippen LogP contribution is -2.41. The molecule has 4 heterocycles. The number of benzene rings is 2. The van der Waals surface area contributed by atoms with Crippen LogP contribution in [0.1, 0.15) is 61.4 Å². The highest BCUT2D eigenvalue weighted by molar-refractivity contribution is 6.31. The number of nitrogens with one attached hydrogen (secondary N) is 1. The molecule has 1 atom stereocenters. The molecule has 5 N–H and O–H groups in total. The second-order valence-corrected chi connectivity index (χ2v) is 11.7. The molecule has 0 radical (unpaired) electrons. The van der Waals surface area contributed by atoms with Crippen LogP contribution in [0, 0.1) is 0 Å². The molecule has 0 bridgehead atoms. The molecule has 3 aromatic heterocycles. The van der Waals surface area contributed by atoms with E-state index in [1.165, 1.54) is 44.0 Å². The number of hydrogen-bond donors (Lipinski definition) is 3. The van der Waals surface area contributed by atoms with Crippen LogP contribution in [-0.2, 0) is 12.1 Å². The summed E-state index contributed by atoms with van der Waals surface area (Å²) in [6.45, 7) is 1.76. The second-order valence-electron chi connectivity index (χ2n) is 11.3. The summed E-state index contributed by atoms with van der Waals surface area (Å²) in [5.74, 6) is 1.46. The summed E-state index contributed by atoms with van der Waals surface area (Å²) in [6, 6.07) is 13.0. The van der Waals surface area contributed by atoms with Crippen molar-refractivity contribution >= 4 is 34.3 Å². The maximum atomic E-state index is 6.85. The van der Waals surface area contributed by atoms with E-state index < -0.39 is 5.54 Å². The second kappa shape index (κ2) is 10.4. The normalized spacial score (nSPS) is 19.8. The largest absolute Gasteiger partial charge is 0.382 e. The first-order valence-corrected chi connectivity index (χ1v) is 14.5. The van der Waals surface area contributed by atoms with Crippen molar-refractivity contribution in [3.8, 4) is 11.1 Å². The fraction of sp³-hybridized carbons (Fsp3) is 0.379. The minimum Gasteiger partial charge on any atom is -0.382 e. The monoisotopic (exact) mass is 569 g/mol. The van der Waals surface area contributed by atoms with Crippen LogP contribution in [0.15, 0.2) is 49.1 Å². The third-order valence-electron chi connectivity index (χ3n) is 8.66. The zero-order valence-electron chi connectivity index (χ0n) is 22.7. The Morgan fingerprint density at radius 1 is 1.07 bits per heavy atom. The Kier molecular flexibility index (Phi) is 6.55. The van der Waals surface area contributed by atoms with Crippen LogP contribution in [0.2, 0.25) is 5.02 Å². The van der Waals surface area contributed by atoms with Crippen LogP contribution < -0.4 is 16.4 Å². The number of H-pyrrole nitrogens is 1. The number of fused-ring (bicyclic) bond motifs is 1. The van der Waals surface area contributed by atoms with E-state index in [9.17, 15) is 0 Å². The van der Waals surface area contributed by atoms with Gasteiger partial charge in [-0.1, -0.05) is 60.3 Å². The van der Waals surface area contributed by atoms with Crippen LogP contribution in [0.25, 0.3) is 22.3 Å². The van der Waals surface area contributed by atoms with E-state index in [0.29, 0.717) is 53.3 Å². The SMILES string of the molecule is Nc1ncnc2c1ncn2Cc1c(-c2cccc(C3CCCCC3)c2)cc(Cl)cc1N1CC[C@](N)(c2nn[nH]n2)C1. The van der Waals surface area contributed by atoms with Crippen LogP contribution >= 0.6 is 11.6 Å². The summed E-state index contributed by atoms with van der Waals surface area (Å²) in [5.41, 5.74) is 19.2. The van der Waals surface area contributed by atoms with Crippen molar-refractivity contribution < 1.29 is 0 Å². The minimum atomic E-state index is -0.725. The molecule has 11 nitrogen and oxygen atoms in total. The predicted molar refractivity (Wildman–Crippen MR) is 158 cm³/mol. The lowest BCUT2D eigenvalue weighted by atomic mass is 9.83. The lowest BCUT2D eigenvalue weighted by Gasteiger charge is -2.27. The zero-order valence-corrected chi connectivity index (χ0v) is 23.4. The summed E-state index contributed by atoms with van der Waals surface area (Å²) >= 11 is 6.85. The number of tetrazole rings is 1. The number of nitrogens with zero attached hydrogens (tertiary/aromatic N) is 8. The van der Waals surface area contributed by atoms with Crippen molar-refractivity contribution in [2.24, 2.45) is 5.73 Å². The van der Waals surface area contributed by atoms with Gasteiger partial charge in [0.2, 0.25) is 0 Å². The Labute approximate surface area is 242 Å². The number of halogens is 1. The van der Waals surface area contributed by atoms with Crippen molar-refractivity contribution in [1.29, 1.82) is 0 Å². The number of hydrogen-bond acceptors (Lipinski definition) is 9. The maximum Gasteiger partial charge on any atom is 0.196 e. The van der Waals surface area contributed by atoms with Crippen molar-refractivity contribution in [3.63, 3.8) is 0 Å². The van der Waals surface area contributed by atoms with Gasteiger partial charge in [-0.15, -0.1) is 10.2 Å². The summed E-state index contributed by atoms with van der Waals surface area (Å²) in [4.78, 5) is 15.4. The number of aromatic nitrogens is 8. The van der Waals surface area contributed by atoms with Crippen molar-refractivity contribution in [2.45, 2.75) is 56.5 Å². The highest BCUT2D eigenvalue weighted by Gasteiger charge is 2.40. The van der Waals surface area contributed by atoms with E-state index in [1.54, 1.807) is 6.33 Å². The average Bonchev–Trinajstić information content (AvgIpc) is 3.76. The van der Waals surface area contributed by atoms with Crippen molar-refractivity contribution in [1.82, 2.24) is 40.1 Å². The van der Waals surface area contributed by atoms with Gasteiger partial charge in [0.15, 0.2) is 17.3 Å². The van der Waals surface area contributed by atoms with Crippen LogP contribution in [0.5, 0.6) is 0 Å². The Morgan fingerprint density at radius 3 is 2.78 bits per heavy atom. The van der Waals surface area contributed by atoms with Gasteiger partial charge in [0, 0.05) is 29.4 Å². The third kappa shape index (κ3) is 4.78. The van der Waals surface area contributed by atoms with Gasteiger partial charge in [0.05, 0.1) is 18.4 Å². The van der Waals surface area contributed by atoms with Crippen LogP contribution in [0.3, 0.4) is 0 Å². The summed E-state index contributed by atoms with van der Waals surface area (Å²) < 4.78 is 2.01. The molecule has 1 saturated heterocycles. The molecule has 5 aromatic rings. The van der Waals surface area contributed by atoms with Gasteiger partial charge < -0.3 is 20.9 Å². The van der Waals surface area contributed by atoms with E-state index in [0.717, 1.165) is 28.9 Å². The van der Waals surface area contributed by atoms with E-state index in [2.05, 4.69) is 70.8 Å². The first-order chi connectivity index (χ1) is 20.0. The molecule has 12 heteroatoms. The lowest BCUT2D eigenvalue weighted by molar-refractivity contribution is 0.444. The van der Waals surface area contributed by atoms with E-state index in [-0.39, 0.29) is 0 Å². The van der Waals surface area contributed by atoms with Gasteiger partial charge in [0.1, 0.15) is 11.8 Å². The summed E-state index contributed by atoms with van der Waals surface area (Å²) in [5, 5.41) is 15.3. The molecule has 1 aliphatic carbocycles. The van der Waals surface area contributed by atoms with E-state index in [1.807, 2.05) is 10.6 Å². The predicted octanol–water partition coefficient (Wildman–Crippen LogP) is 4.40. The number of imidazole rings is 1. The molecule has 2 aliphatic rings. The third-order valence-corrected chi connectivity index (χ3v) is 8.87. The average molecular weight is 570 g/mol. The van der Waals surface area contributed by atoms with E-state index in [4.69, 9.17) is 23.1 Å². The first kappa shape index (κ1) is 25.8. The Morgan fingerprint density at radius 2 is 1.95 bits per heavy atom. The number of anilines is 2. The smallest absolute Gasteiger partial charge is 0.196 e. The van der Waals surface area contributed by atoms with Crippen molar-refractivity contribution in [3.05, 3.63) is 71.0 Å². The number of nitrogens with two attached hydrogens (primary N) is 2. The molecule has 2 aromatic carbocycles. The summed E-state index contributed by atoms with van der Waals surface area (Å²) in [6.07, 6.45) is 10.3. The number of nitrogen functional groups attached to an aromatic ring is 1. The Bertz CT molecular complexity index is 1690. The van der Waals surface area contributed by atoms with E-state index >= 15 is 0 Å². The van der Waals surface area contributed by atoms with Crippen LogP contribution in [0.4, 0.5) is 11.5 Å². The molecule has 210 valence electrons. The first-order valence-electron chi connectivity index (χ1n) is 14.1. The fourth-order valence-electron chi connectivity index (χ4n) is 6.50. The Balaban J connectivity index is 1.35. The molecule has 0 amide bonds. The van der Waals surface area contributed by atoms with Crippen LogP contribution in [-0.4, -0.2) is 53.2 Å². The minimum absolute atomic E-state index is 0.359. The van der Waals surface area contributed by atoms with Gasteiger partial charge in [-0.3, -0.25) is 0 Å². The Hall–Kier alpha value is -4.09. The molecule has 0 spiro atoms. The molecule has 7 rings (SSSR count). The quantitative estimate of drug-likeness (QED) is 0.270. The van der Waals surface area contributed by atoms with Crippen molar-refractivity contribution in [2.75, 3.05) is 23.7 Å². The molecule has 1 aliphatic heterocycles. The molecule has 41 heavy (non-hydrogen) atoms. The van der Waals surface area contributed by atoms with Gasteiger partial charge in [0.25, 0.3) is 0 Å². The van der Waals surface area contributed by atoms with Gasteiger partial charge in [-0.25, -0.2) is 15.0 Å². The van der Waals surface area contributed by atoms with Gasteiger partial charge in [-0.05, 0) is 54.0 Å². The fourth-order valence-corrected chi connectivity index (χ4v) is 6.72.